The Morgan fingerprint density at radius 1 is 0.919 bits per heavy atom. The predicted molar refractivity (Wildman–Crippen MR) is 152 cm³/mol. The smallest absolute Gasteiger partial charge is 0.271 e. The Morgan fingerprint density at radius 3 is 2.27 bits per heavy atom. The van der Waals surface area contributed by atoms with E-state index in [1.54, 1.807) is 29.6 Å². The van der Waals surface area contributed by atoms with Gasteiger partial charge in [-0.25, -0.2) is 8.42 Å². The summed E-state index contributed by atoms with van der Waals surface area (Å²) >= 11 is 2.56. The molecule has 192 valence electrons. The fourth-order valence-corrected chi connectivity index (χ4v) is 6.51. The number of carbonyl (C=O) groups excluding carboxylic acids is 1. The zero-order chi connectivity index (χ0) is 26.1. The van der Waals surface area contributed by atoms with E-state index in [2.05, 4.69) is 17.0 Å². The highest BCUT2D eigenvalue weighted by molar-refractivity contribution is 8.00. The number of anilines is 2. The first-order valence-corrected chi connectivity index (χ1v) is 15.1. The molecule has 0 aliphatic rings. The van der Waals surface area contributed by atoms with Gasteiger partial charge in [-0.1, -0.05) is 49.7 Å². The van der Waals surface area contributed by atoms with Crippen LogP contribution in [0.15, 0.2) is 105 Å². The van der Waals surface area contributed by atoms with Crippen LogP contribution >= 0.6 is 23.1 Å². The third kappa shape index (κ3) is 7.61. The molecule has 0 aliphatic carbocycles. The number of thioether (sulfide) groups is 1. The molecule has 6 nitrogen and oxygen atoms in total. The van der Waals surface area contributed by atoms with Crippen LogP contribution in [0.4, 0.5) is 11.4 Å². The Balaban J connectivity index is 1.45. The van der Waals surface area contributed by atoms with E-state index in [-0.39, 0.29) is 10.1 Å². The molecule has 1 aromatic heterocycles. The van der Waals surface area contributed by atoms with Crippen molar-refractivity contribution in [3.8, 4) is 5.75 Å². The highest BCUT2D eigenvalue weighted by Gasteiger charge is 2.22. The van der Waals surface area contributed by atoms with E-state index in [0.29, 0.717) is 18.0 Å². The second-order valence-electron chi connectivity index (χ2n) is 8.19. The van der Waals surface area contributed by atoms with Gasteiger partial charge in [-0.2, -0.15) is 0 Å². The maximum absolute atomic E-state index is 13.3. The number of amides is 1. The zero-order valence-electron chi connectivity index (χ0n) is 20.3. The third-order valence-corrected chi connectivity index (χ3v) is 9.39. The summed E-state index contributed by atoms with van der Waals surface area (Å²) in [6.45, 7) is 2.79. The third-order valence-electron chi connectivity index (χ3n) is 5.35. The Bertz CT molecular complexity index is 1370. The molecule has 1 atom stereocenters. The predicted octanol–water partition coefficient (Wildman–Crippen LogP) is 7.20. The minimum atomic E-state index is -3.62. The fraction of sp³-hybridized carbons (Fsp3) is 0.179. The number of carbonyl (C=O) groups is 1. The SMILES string of the molecule is CCCCOc1ccc(NC(=O)C(Sc2ccc(NS(=O)(=O)c3cccs3)cc2)c2ccccc2)cc1. The molecule has 4 rings (SSSR count). The van der Waals surface area contributed by atoms with E-state index in [1.807, 2.05) is 66.7 Å². The lowest BCUT2D eigenvalue weighted by molar-refractivity contribution is -0.115. The van der Waals surface area contributed by atoms with Crippen LogP contribution in [-0.2, 0) is 14.8 Å². The molecule has 0 fully saturated rings. The molecule has 1 heterocycles. The second kappa shape index (κ2) is 12.8. The van der Waals surface area contributed by atoms with E-state index >= 15 is 0 Å². The summed E-state index contributed by atoms with van der Waals surface area (Å²) in [6, 6.07) is 27.2. The number of hydrogen-bond acceptors (Lipinski definition) is 6. The number of nitrogens with one attached hydrogen (secondary N) is 2. The molecule has 1 amide bonds. The van der Waals surface area contributed by atoms with Gasteiger partial charge in [-0.15, -0.1) is 23.1 Å². The van der Waals surface area contributed by atoms with Gasteiger partial charge in [0.2, 0.25) is 5.91 Å². The van der Waals surface area contributed by atoms with Crippen molar-refractivity contribution >= 4 is 50.4 Å². The van der Waals surface area contributed by atoms with E-state index in [1.165, 1.54) is 11.8 Å². The van der Waals surface area contributed by atoms with Gasteiger partial charge >= 0.3 is 0 Å². The van der Waals surface area contributed by atoms with Crippen molar-refractivity contribution in [1.82, 2.24) is 0 Å². The van der Waals surface area contributed by atoms with Crippen LogP contribution in [0.5, 0.6) is 5.75 Å². The van der Waals surface area contributed by atoms with Gasteiger partial charge in [0.25, 0.3) is 10.0 Å². The highest BCUT2D eigenvalue weighted by atomic mass is 32.2. The highest BCUT2D eigenvalue weighted by Crippen LogP contribution is 2.37. The van der Waals surface area contributed by atoms with Crippen LogP contribution in [0.2, 0.25) is 0 Å². The minimum absolute atomic E-state index is 0.154. The quantitative estimate of drug-likeness (QED) is 0.143. The first kappa shape index (κ1) is 26.8. The fourth-order valence-electron chi connectivity index (χ4n) is 3.44. The zero-order valence-corrected chi connectivity index (χ0v) is 22.7. The molecule has 0 saturated carbocycles. The Kier molecular flexibility index (Phi) is 9.27. The number of unbranched alkanes of at least 4 members (excludes halogenated alkanes) is 1. The topological polar surface area (TPSA) is 84.5 Å². The molecule has 4 aromatic rings. The van der Waals surface area contributed by atoms with Crippen molar-refractivity contribution < 1.29 is 17.9 Å². The Hall–Kier alpha value is -3.27. The summed E-state index contributed by atoms with van der Waals surface area (Å²) in [6.07, 6.45) is 2.07. The van der Waals surface area contributed by atoms with Crippen LogP contribution < -0.4 is 14.8 Å². The van der Waals surface area contributed by atoms with Gasteiger partial charge in [0.15, 0.2) is 0 Å². The number of sulfonamides is 1. The number of rotatable bonds is 12. The number of hydrogen-bond donors (Lipinski definition) is 2. The summed E-state index contributed by atoms with van der Waals surface area (Å²) in [5.74, 6) is 0.619. The largest absolute Gasteiger partial charge is 0.494 e. The molecule has 1 unspecified atom stereocenters. The molecular weight excluding hydrogens is 525 g/mol. The van der Waals surface area contributed by atoms with Gasteiger partial charge in [0.05, 0.1) is 6.61 Å². The summed E-state index contributed by atoms with van der Waals surface area (Å²) in [7, 11) is -3.62. The Labute approximate surface area is 226 Å². The molecule has 0 bridgehead atoms. The van der Waals surface area contributed by atoms with Crippen molar-refractivity contribution in [3.05, 3.63) is 102 Å². The van der Waals surface area contributed by atoms with Crippen molar-refractivity contribution in [2.45, 2.75) is 34.1 Å². The van der Waals surface area contributed by atoms with Crippen molar-refractivity contribution in [2.24, 2.45) is 0 Å². The first-order valence-electron chi connectivity index (χ1n) is 11.9. The van der Waals surface area contributed by atoms with E-state index in [0.717, 1.165) is 40.4 Å². The number of ether oxygens (including phenoxy) is 1. The lowest BCUT2D eigenvalue weighted by Gasteiger charge is -2.18. The first-order chi connectivity index (χ1) is 17.9. The molecule has 0 radical (unpaired) electrons. The van der Waals surface area contributed by atoms with Crippen LogP contribution in [0.3, 0.4) is 0 Å². The molecule has 3 aromatic carbocycles. The molecule has 2 N–H and O–H groups in total. The maximum Gasteiger partial charge on any atom is 0.271 e. The monoisotopic (exact) mass is 552 g/mol. The molecule has 0 spiro atoms. The molecule has 0 aliphatic heterocycles. The van der Waals surface area contributed by atoms with E-state index in [4.69, 9.17) is 4.74 Å². The maximum atomic E-state index is 13.3. The molecule has 37 heavy (non-hydrogen) atoms. The van der Waals surface area contributed by atoms with Crippen LogP contribution in [0.25, 0.3) is 0 Å². The van der Waals surface area contributed by atoms with Gasteiger partial charge in [0.1, 0.15) is 15.2 Å². The summed E-state index contributed by atoms with van der Waals surface area (Å²) in [5.41, 5.74) is 2.01. The van der Waals surface area contributed by atoms with Crippen molar-refractivity contribution in [2.75, 3.05) is 16.6 Å². The summed E-state index contributed by atoms with van der Waals surface area (Å²) in [4.78, 5) is 14.2. The van der Waals surface area contributed by atoms with Gasteiger partial charge < -0.3 is 10.1 Å². The van der Waals surface area contributed by atoms with Gasteiger partial charge in [-0.3, -0.25) is 9.52 Å². The summed E-state index contributed by atoms with van der Waals surface area (Å²) < 4.78 is 33.5. The second-order valence-corrected chi connectivity index (χ2v) is 12.2. The van der Waals surface area contributed by atoms with Gasteiger partial charge in [-0.05, 0) is 72.0 Å². The standard InChI is InChI=1S/C28H28N2O4S3/c1-2-3-19-34-24-15-11-22(12-16-24)29-28(31)27(21-8-5-4-6-9-21)36-25-17-13-23(14-18-25)30-37(32,33)26-10-7-20-35-26/h4-18,20,27,30H,2-3,19H2,1H3,(H,29,31). The number of thiophene rings is 1. The van der Waals surface area contributed by atoms with Crippen LogP contribution in [0, 0.1) is 0 Å². The summed E-state index contributed by atoms with van der Waals surface area (Å²) in [5, 5.41) is 4.22. The van der Waals surface area contributed by atoms with Crippen LogP contribution in [0.1, 0.15) is 30.6 Å². The average molecular weight is 553 g/mol. The molecular formula is C28H28N2O4S3. The normalized spacial score (nSPS) is 12.0. The van der Waals surface area contributed by atoms with Crippen molar-refractivity contribution in [3.63, 3.8) is 0 Å². The average Bonchev–Trinajstić information content (AvgIpc) is 3.46. The van der Waals surface area contributed by atoms with Crippen molar-refractivity contribution in [1.29, 1.82) is 0 Å². The van der Waals surface area contributed by atoms with Crippen LogP contribution in [-0.4, -0.2) is 20.9 Å². The van der Waals surface area contributed by atoms with E-state index in [9.17, 15) is 13.2 Å². The lowest BCUT2D eigenvalue weighted by atomic mass is 10.1. The van der Waals surface area contributed by atoms with Gasteiger partial charge in [0, 0.05) is 16.3 Å². The van der Waals surface area contributed by atoms with E-state index < -0.39 is 15.3 Å². The minimum Gasteiger partial charge on any atom is -0.494 e. The molecule has 0 saturated heterocycles. The Morgan fingerprint density at radius 2 is 1.62 bits per heavy atom. The number of benzene rings is 3. The lowest BCUT2D eigenvalue weighted by Crippen LogP contribution is -2.19. The molecule has 9 heteroatoms.